The highest BCUT2D eigenvalue weighted by molar-refractivity contribution is 5.87. The summed E-state index contributed by atoms with van der Waals surface area (Å²) in [5.41, 5.74) is -0.146. The summed E-state index contributed by atoms with van der Waals surface area (Å²) in [5, 5.41) is 11.9. The lowest BCUT2D eigenvalue weighted by Gasteiger charge is -2.38. The van der Waals surface area contributed by atoms with Crippen LogP contribution in [0.1, 0.15) is 31.2 Å². The van der Waals surface area contributed by atoms with E-state index in [-0.39, 0.29) is 12.3 Å². The van der Waals surface area contributed by atoms with Gasteiger partial charge in [-0.05, 0) is 43.4 Å². The summed E-state index contributed by atoms with van der Waals surface area (Å²) in [4.78, 5) is 23.2. The maximum Gasteiger partial charge on any atom is 0.329 e. The van der Waals surface area contributed by atoms with Crippen LogP contribution in [-0.2, 0) is 16.0 Å². The van der Waals surface area contributed by atoms with E-state index in [1.54, 1.807) is 20.3 Å². The molecule has 6 nitrogen and oxygen atoms in total. The minimum atomic E-state index is -1.05. The van der Waals surface area contributed by atoms with E-state index in [1.165, 1.54) is 0 Å². The molecule has 1 fully saturated rings. The van der Waals surface area contributed by atoms with Crippen LogP contribution in [0.25, 0.3) is 0 Å². The number of aryl methyl sites for hydroxylation is 1. The Balaban J connectivity index is 1.95. The lowest BCUT2D eigenvalue weighted by atomic mass is 9.76. The Morgan fingerprint density at radius 3 is 2.18 bits per heavy atom. The topological polar surface area (TPSA) is 84.9 Å². The fourth-order valence-electron chi connectivity index (χ4n) is 2.52. The number of rotatable bonds is 7. The Kier molecular flexibility index (Phi) is 4.90. The predicted molar refractivity (Wildman–Crippen MR) is 80.2 cm³/mol. The number of hydrogen-bond acceptors (Lipinski definition) is 4. The molecule has 0 saturated heterocycles. The van der Waals surface area contributed by atoms with Gasteiger partial charge in [0.25, 0.3) is 0 Å². The predicted octanol–water partition coefficient (Wildman–Crippen LogP) is 1.76. The van der Waals surface area contributed by atoms with Crippen LogP contribution in [0, 0.1) is 0 Å². The fraction of sp³-hybridized carbons (Fsp3) is 0.500. The number of benzene rings is 1. The monoisotopic (exact) mass is 307 g/mol. The van der Waals surface area contributed by atoms with Crippen molar-refractivity contribution in [1.82, 2.24) is 5.32 Å². The molecule has 0 aromatic heterocycles. The van der Waals surface area contributed by atoms with E-state index in [9.17, 15) is 14.7 Å². The second-order valence-corrected chi connectivity index (χ2v) is 5.51. The molecule has 1 amide bonds. The maximum absolute atomic E-state index is 12.0. The molecule has 0 bridgehead atoms. The first-order valence-corrected chi connectivity index (χ1v) is 7.25. The zero-order valence-electron chi connectivity index (χ0n) is 12.8. The van der Waals surface area contributed by atoms with Gasteiger partial charge in [0.05, 0.1) is 14.2 Å². The highest BCUT2D eigenvalue weighted by Gasteiger charge is 2.45. The van der Waals surface area contributed by atoms with Gasteiger partial charge in [0.1, 0.15) is 17.0 Å². The summed E-state index contributed by atoms with van der Waals surface area (Å²) in [5.74, 6) is 0.130. The number of nitrogens with one attached hydrogen (secondary N) is 1. The van der Waals surface area contributed by atoms with Gasteiger partial charge in [-0.25, -0.2) is 4.79 Å². The molecule has 6 heteroatoms. The largest absolute Gasteiger partial charge is 0.497 e. The zero-order valence-corrected chi connectivity index (χ0v) is 12.8. The molecule has 1 aromatic carbocycles. The van der Waals surface area contributed by atoms with Crippen LogP contribution in [0.15, 0.2) is 18.2 Å². The summed E-state index contributed by atoms with van der Waals surface area (Å²) >= 11 is 0. The minimum absolute atomic E-state index is 0.228. The van der Waals surface area contributed by atoms with E-state index in [2.05, 4.69) is 5.32 Å². The smallest absolute Gasteiger partial charge is 0.329 e. The quantitative estimate of drug-likeness (QED) is 0.802. The number of carbonyl (C=O) groups excluding carboxylic acids is 1. The maximum atomic E-state index is 12.0. The number of ether oxygens (including phenoxy) is 2. The highest BCUT2D eigenvalue weighted by atomic mass is 16.5. The van der Waals surface area contributed by atoms with Crippen LogP contribution >= 0.6 is 0 Å². The average Bonchev–Trinajstić information content (AvgIpc) is 2.48. The number of carboxylic acid groups (broad SMARTS) is 1. The number of amides is 1. The molecule has 2 rings (SSSR count). The van der Waals surface area contributed by atoms with Crippen molar-refractivity contribution < 1.29 is 24.2 Å². The first-order chi connectivity index (χ1) is 10.5. The molecule has 1 aromatic rings. The van der Waals surface area contributed by atoms with Crippen LogP contribution < -0.4 is 14.8 Å². The van der Waals surface area contributed by atoms with E-state index in [0.717, 1.165) is 12.0 Å². The van der Waals surface area contributed by atoms with Crippen molar-refractivity contribution in [3.05, 3.63) is 23.8 Å². The van der Waals surface area contributed by atoms with E-state index in [4.69, 9.17) is 9.47 Å². The Morgan fingerprint density at radius 1 is 1.18 bits per heavy atom. The molecular weight excluding hydrogens is 286 g/mol. The molecule has 0 spiro atoms. The van der Waals surface area contributed by atoms with Crippen molar-refractivity contribution in [3.8, 4) is 11.5 Å². The third-order valence-electron chi connectivity index (χ3n) is 4.05. The normalized spacial score (nSPS) is 15.5. The Labute approximate surface area is 129 Å². The molecule has 1 aliphatic rings. The van der Waals surface area contributed by atoms with Gasteiger partial charge in [-0.3, -0.25) is 4.79 Å². The van der Waals surface area contributed by atoms with Gasteiger partial charge in [-0.15, -0.1) is 0 Å². The van der Waals surface area contributed by atoms with Crippen molar-refractivity contribution in [1.29, 1.82) is 0 Å². The van der Waals surface area contributed by atoms with Gasteiger partial charge in [-0.2, -0.15) is 0 Å². The van der Waals surface area contributed by atoms with Crippen LogP contribution in [0.5, 0.6) is 11.5 Å². The van der Waals surface area contributed by atoms with Crippen molar-refractivity contribution in [3.63, 3.8) is 0 Å². The summed E-state index contributed by atoms with van der Waals surface area (Å²) in [7, 11) is 3.14. The standard InChI is InChI=1S/C16H21NO5/c1-21-12-8-11(9-13(10-12)22-2)4-5-14(18)17-16(15(19)20)6-3-7-16/h8-10H,3-7H2,1-2H3,(H,17,18)(H,19,20). The van der Waals surface area contributed by atoms with E-state index in [1.807, 2.05) is 12.1 Å². The fourth-order valence-corrected chi connectivity index (χ4v) is 2.52. The molecule has 0 heterocycles. The molecule has 0 radical (unpaired) electrons. The van der Waals surface area contributed by atoms with Crippen molar-refractivity contribution >= 4 is 11.9 Å². The molecule has 22 heavy (non-hydrogen) atoms. The van der Waals surface area contributed by atoms with E-state index >= 15 is 0 Å². The molecule has 0 unspecified atom stereocenters. The summed E-state index contributed by atoms with van der Waals surface area (Å²) in [6.45, 7) is 0. The van der Waals surface area contributed by atoms with Crippen LogP contribution in [0.4, 0.5) is 0 Å². The van der Waals surface area contributed by atoms with E-state index < -0.39 is 11.5 Å². The average molecular weight is 307 g/mol. The number of carboxylic acids is 1. The third kappa shape index (κ3) is 3.50. The molecular formula is C16H21NO5. The van der Waals surface area contributed by atoms with Crippen LogP contribution in [0.2, 0.25) is 0 Å². The number of carbonyl (C=O) groups is 2. The summed E-state index contributed by atoms with van der Waals surface area (Å²) in [6.07, 6.45) is 2.56. The van der Waals surface area contributed by atoms with Crippen molar-refractivity contribution in [2.24, 2.45) is 0 Å². The molecule has 2 N–H and O–H groups in total. The lowest BCUT2D eigenvalue weighted by Crippen LogP contribution is -2.59. The van der Waals surface area contributed by atoms with Gasteiger partial charge in [0.15, 0.2) is 0 Å². The number of aliphatic carboxylic acids is 1. The Morgan fingerprint density at radius 2 is 1.77 bits per heavy atom. The number of hydrogen-bond donors (Lipinski definition) is 2. The highest BCUT2D eigenvalue weighted by Crippen LogP contribution is 2.32. The first kappa shape index (κ1) is 16.1. The lowest BCUT2D eigenvalue weighted by molar-refractivity contribution is -0.151. The van der Waals surface area contributed by atoms with Gasteiger partial charge in [0.2, 0.25) is 5.91 Å². The molecule has 0 aliphatic heterocycles. The van der Waals surface area contributed by atoms with Crippen molar-refractivity contribution in [2.75, 3.05) is 14.2 Å². The minimum Gasteiger partial charge on any atom is -0.497 e. The SMILES string of the molecule is COc1cc(CCC(=O)NC2(C(=O)O)CCC2)cc(OC)c1. The van der Waals surface area contributed by atoms with Crippen molar-refractivity contribution in [2.45, 2.75) is 37.6 Å². The third-order valence-corrected chi connectivity index (χ3v) is 4.05. The molecule has 1 saturated carbocycles. The summed E-state index contributed by atoms with van der Waals surface area (Å²) in [6, 6.07) is 5.44. The van der Waals surface area contributed by atoms with Gasteiger partial charge in [0, 0.05) is 12.5 Å². The summed E-state index contributed by atoms with van der Waals surface area (Å²) < 4.78 is 10.4. The first-order valence-electron chi connectivity index (χ1n) is 7.25. The van der Waals surface area contributed by atoms with Gasteiger partial charge >= 0.3 is 5.97 Å². The molecule has 1 aliphatic carbocycles. The zero-order chi connectivity index (χ0) is 16.2. The molecule has 120 valence electrons. The van der Waals surface area contributed by atoms with Gasteiger partial charge in [-0.1, -0.05) is 0 Å². The molecule has 0 atom stereocenters. The Bertz CT molecular complexity index is 543. The van der Waals surface area contributed by atoms with Crippen LogP contribution in [0.3, 0.4) is 0 Å². The second kappa shape index (κ2) is 6.68. The second-order valence-electron chi connectivity index (χ2n) is 5.51. The van der Waals surface area contributed by atoms with Crippen LogP contribution in [-0.4, -0.2) is 36.7 Å². The Hall–Kier alpha value is -2.24. The van der Waals surface area contributed by atoms with Gasteiger partial charge < -0.3 is 19.9 Å². The number of methoxy groups -OCH3 is 2. The van der Waals surface area contributed by atoms with E-state index in [0.29, 0.717) is 30.8 Å².